The van der Waals surface area contributed by atoms with Gasteiger partial charge in [-0.2, -0.15) is 0 Å². The van der Waals surface area contributed by atoms with Crippen LogP contribution >= 0.6 is 27.3 Å². The molecule has 0 aromatic carbocycles. The van der Waals surface area contributed by atoms with E-state index < -0.39 is 5.97 Å². The Morgan fingerprint density at radius 2 is 2.11 bits per heavy atom. The molecular weight excluding hydrogens is 330 g/mol. The number of carbonyl (C=O) groups excluding carboxylic acids is 1. The van der Waals surface area contributed by atoms with E-state index in [4.69, 9.17) is 0 Å². The van der Waals surface area contributed by atoms with E-state index in [1.807, 2.05) is 5.38 Å². The molecule has 1 aromatic rings. The van der Waals surface area contributed by atoms with Crippen molar-refractivity contribution in [1.82, 2.24) is 4.90 Å². The number of carboxylic acid groups (broad SMARTS) is 1. The molecule has 6 heteroatoms. The lowest BCUT2D eigenvalue weighted by Crippen LogP contribution is -2.29. The number of carboxylic acids is 1. The Labute approximate surface area is 123 Å². The molecule has 19 heavy (non-hydrogen) atoms. The van der Waals surface area contributed by atoms with Crippen molar-refractivity contribution in [2.45, 2.75) is 12.8 Å². The molecule has 1 saturated heterocycles. The van der Waals surface area contributed by atoms with E-state index >= 15 is 0 Å². The van der Waals surface area contributed by atoms with Gasteiger partial charge in [-0.3, -0.25) is 9.59 Å². The third-order valence-corrected chi connectivity index (χ3v) is 5.65. The quantitative estimate of drug-likeness (QED) is 0.917. The van der Waals surface area contributed by atoms with E-state index in [-0.39, 0.29) is 17.7 Å². The van der Waals surface area contributed by atoms with Crippen LogP contribution in [0.4, 0.5) is 0 Å². The summed E-state index contributed by atoms with van der Waals surface area (Å²) in [6, 6.07) is 1.80. The fraction of sp³-hybridized carbons (Fsp3) is 0.538. The Morgan fingerprint density at radius 1 is 1.37 bits per heavy atom. The number of hydrogen-bond donors (Lipinski definition) is 1. The molecule has 0 unspecified atom stereocenters. The van der Waals surface area contributed by atoms with Crippen LogP contribution < -0.4 is 0 Å². The predicted molar refractivity (Wildman–Crippen MR) is 75.3 cm³/mol. The Balaban J connectivity index is 1.75. The Kier molecular flexibility index (Phi) is 3.39. The molecule has 2 fully saturated rings. The van der Waals surface area contributed by atoms with Gasteiger partial charge in [0, 0.05) is 22.9 Å². The van der Waals surface area contributed by atoms with E-state index in [1.165, 1.54) is 11.3 Å². The molecule has 1 aliphatic carbocycles. The molecule has 2 aliphatic rings. The highest BCUT2D eigenvalue weighted by Crippen LogP contribution is 2.44. The zero-order valence-corrected chi connectivity index (χ0v) is 12.6. The number of nitrogens with zero attached hydrogens (tertiary/aromatic N) is 1. The van der Waals surface area contributed by atoms with Crippen molar-refractivity contribution in [3.05, 3.63) is 20.8 Å². The van der Waals surface area contributed by atoms with Crippen LogP contribution in [0.15, 0.2) is 15.9 Å². The second-order valence-electron chi connectivity index (χ2n) is 5.29. The molecule has 0 radical (unpaired) electrons. The second kappa shape index (κ2) is 4.90. The van der Waals surface area contributed by atoms with Crippen LogP contribution in [0, 0.1) is 17.8 Å². The first-order valence-electron chi connectivity index (χ1n) is 6.32. The smallest absolute Gasteiger partial charge is 0.308 e. The average Bonchev–Trinajstić information content (AvgIpc) is 2.96. The van der Waals surface area contributed by atoms with E-state index in [0.29, 0.717) is 23.9 Å². The van der Waals surface area contributed by atoms with Gasteiger partial charge in [0.15, 0.2) is 0 Å². The number of likely N-dealkylation sites (tertiary alicyclic amines) is 1. The Bertz CT molecular complexity index is 526. The molecule has 1 N–H and O–H groups in total. The summed E-state index contributed by atoms with van der Waals surface area (Å²) in [5.74, 6) is -0.539. The van der Waals surface area contributed by atoms with Gasteiger partial charge < -0.3 is 10.0 Å². The van der Waals surface area contributed by atoms with Crippen LogP contribution in [0.2, 0.25) is 0 Å². The summed E-state index contributed by atoms with van der Waals surface area (Å²) >= 11 is 4.73. The van der Waals surface area contributed by atoms with Gasteiger partial charge in [0.1, 0.15) is 0 Å². The maximum atomic E-state index is 12.3. The van der Waals surface area contributed by atoms with Crippen LogP contribution in [0.3, 0.4) is 0 Å². The molecule has 0 bridgehead atoms. The molecular formula is C13H14BrNO3S. The van der Waals surface area contributed by atoms with Crippen molar-refractivity contribution in [2.75, 3.05) is 13.1 Å². The van der Waals surface area contributed by atoms with Gasteiger partial charge in [-0.05, 0) is 46.7 Å². The van der Waals surface area contributed by atoms with Crippen molar-refractivity contribution in [3.8, 4) is 0 Å². The maximum absolute atomic E-state index is 12.3. The summed E-state index contributed by atoms with van der Waals surface area (Å²) in [5, 5.41) is 11.2. The molecule has 2 atom stereocenters. The number of amides is 1. The highest BCUT2D eigenvalue weighted by molar-refractivity contribution is 9.10. The Hall–Kier alpha value is -0.880. The molecule has 4 nitrogen and oxygen atoms in total. The number of carbonyl (C=O) groups is 2. The van der Waals surface area contributed by atoms with Crippen molar-refractivity contribution < 1.29 is 14.7 Å². The third-order valence-electron chi connectivity index (χ3n) is 3.98. The number of halogens is 1. The minimum Gasteiger partial charge on any atom is -0.481 e. The van der Waals surface area contributed by atoms with Crippen LogP contribution in [-0.2, 0) is 4.79 Å². The van der Waals surface area contributed by atoms with Crippen molar-refractivity contribution in [3.63, 3.8) is 0 Å². The topological polar surface area (TPSA) is 57.6 Å². The summed E-state index contributed by atoms with van der Waals surface area (Å²) in [6.07, 6.45) is 2.22. The van der Waals surface area contributed by atoms with Crippen molar-refractivity contribution >= 4 is 39.1 Å². The average molecular weight is 344 g/mol. The van der Waals surface area contributed by atoms with Crippen LogP contribution in [0.5, 0.6) is 0 Å². The minimum absolute atomic E-state index is 0.0369. The Morgan fingerprint density at radius 3 is 2.63 bits per heavy atom. The highest BCUT2D eigenvalue weighted by Gasteiger charge is 2.47. The SMILES string of the molecule is O=C(O)[C@H]1CN(C(=O)c2cc(Br)cs2)C[C@@H]1C1CC1. The van der Waals surface area contributed by atoms with Crippen LogP contribution in [-0.4, -0.2) is 35.0 Å². The fourth-order valence-corrected chi connectivity index (χ4v) is 4.23. The van der Waals surface area contributed by atoms with Gasteiger partial charge in [-0.25, -0.2) is 0 Å². The van der Waals surface area contributed by atoms with Gasteiger partial charge in [0.25, 0.3) is 5.91 Å². The third kappa shape index (κ3) is 2.56. The van der Waals surface area contributed by atoms with Crippen LogP contribution in [0.1, 0.15) is 22.5 Å². The fourth-order valence-electron chi connectivity index (χ4n) is 2.84. The van der Waals surface area contributed by atoms with Crippen molar-refractivity contribution in [1.29, 1.82) is 0 Å². The lowest BCUT2D eigenvalue weighted by atomic mass is 9.92. The van der Waals surface area contributed by atoms with E-state index in [1.54, 1.807) is 11.0 Å². The van der Waals surface area contributed by atoms with Crippen molar-refractivity contribution in [2.24, 2.45) is 17.8 Å². The summed E-state index contributed by atoms with van der Waals surface area (Å²) in [7, 11) is 0. The molecule has 3 rings (SSSR count). The second-order valence-corrected chi connectivity index (χ2v) is 7.11. The number of thiophene rings is 1. The molecule has 1 saturated carbocycles. The lowest BCUT2D eigenvalue weighted by Gasteiger charge is -2.14. The first kappa shape index (κ1) is 13.1. The predicted octanol–water partition coefficient (Wildman–Crippen LogP) is 2.69. The normalized spacial score (nSPS) is 26.7. The molecule has 102 valence electrons. The molecule has 1 aliphatic heterocycles. The maximum Gasteiger partial charge on any atom is 0.308 e. The lowest BCUT2D eigenvalue weighted by molar-refractivity contribution is -0.142. The molecule has 2 heterocycles. The number of hydrogen-bond acceptors (Lipinski definition) is 3. The van der Waals surface area contributed by atoms with Gasteiger partial charge in [-0.1, -0.05) is 0 Å². The van der Waals surface area contributed by atoms with Crippen LogP contribution in [0.25, 0.3) is 0 Å². The van der Waals surface area contributed by atoms with Gasteiger partial charge in [0.2, 0.25) is 0 Å². The molecule has 0 spiro atoms. The first-order valence-corrected chi connectivity index (χ1v) is 7.99. The highest BCUT2D eigenvalue weighted by atomic mass is 79.9. The van der Waals surface area contributed by atoms with Gasteiger partial charge in [0.05, 0.1) is 10.8 Å². The zero-order valence-electron chi connectivity index (χ0n) is 10.2. The summed E-state index contributed by atoms with van der Waals surface area (Å²) in [5.41, 5.74) is 0. The van der Waals surface area contributed by atoms with E-state index in [2.05, 4.69) is 15.9 Å². The largest absolute Gasteiger partial charge is 0.481 e. The molecule has 1 aromatic heterocycles. The zero-order chi connectivity index (χ0) is 13.6. The standard InChI is InChI=1S/C13H14BrNO3S/c14-8-3-11(19-6-8)12(16)15-4-9(7-1-2-7)10(5-15)13(17)18/h3,6-7,9-10H,1-2,4-5H2,(H,17,18)/t9-,10+/m1/s1. The van der Waals surface area contributed by atoms with E-state index in [0.717, 1.165) is 17.3 Å². The van der Waals surface area contributed by atoms with Gasteiger partial charge in [-0.15, -0.1) is 11.3 Å². The summed E-state index contributed by atoms with van der Waals surface area (Å²) in [4.78, 5) is 26.0. The van der Waals surface area contributed by atoms with E-state index in [9.17, 15) is 14.7 Å². The first-order chi connectivity index (χ1) is 9.06. The number of rotatable bonds is 3. The van der Waals surface area contributed by atoms with Gasteiger partial charge >= 0.3 is 5.97 Å². The molecule has 1 amide bonds. The summed E-state index contributed by atoms with van der Waals surface area (Å²) < 4.78 is 0.897. The minimum atomic E-state index is -0.764. The monoisotopic (exact) mass is 343 g/mol. The number of aliphatic carboxylic acids is 1. The summed E-state index contributed by atoms with van der Waals surface area (Å²) in [6.45, 7) is 0.945.